The smallest absolute Gasteiger partial charge is 0.264 e. The normalized spacial score (nSPS) is 14.3. The molecule has 11 heteroatoms. The molecule has 2 amide bonds. The van der Waals surface area contributed by atoms with Crippen LogP contribution in [0.5, 0.6) is 5.75 Å². The largest absolute Gasteiger partial charge is 0.497 e. The maximum Gasteiger partial charge on any atom is 0.264 e. The van der Waals surface area contributed by atoms with Crippen molar-refractivity contribution in [3.63, 3.8) is 0 Å². The van der Waals surface area contributed by atoms with E-state index in [1.165, 1.54) is 24.1 Å². The van der Waals surface area contributed by atoms with Crippen molar-refractivity contribution in [3.05, 3.63) is 88.4 Å². The standard InChI is InChI=1S/C30H33Cl2N3O5S/c1-21(30(37)33-22-9-6-7-10-22)34(19-26-27(31)13-8-14-28(26)32)29(36)20-35(23-11-4-3-5-12-23)41(38,39)25-17-15-24(40-2)16-18-25/h3-5,8,11-18,21-22H,6-7,9-10,19-20H2,1-2H3,(H,33,37)/t21-/m1/s1. The molecule has 0 unspecified atom stereocenters. The van der Waals surface area contributed by atoms with Crippen molar-refractivity contribution >= 4 is 50.7 Å². The zero-order valence-electron chi connectivity index (χ0n) is 22.9. The highest BCUT2D eigenvalue weighted by Crippen LogP contribution is 2.29. The quantitative estimate of drug-likeness (QED) is 0.299. The third kappa shape index (κ3) is 7.33. The first kappa shape index (κ1) is 30.7. The molecule has 1 aliphatic rings. The van der Waals surface area contributed by atoms with E-state index in [1.807, 2.05) is 0 Å². The van der Waals surface area contributed by atoms with Crippen molar-refractivity contribution in [2.24, 2.45) is 0 Å². The molecular weight excluding hydrogens is 585 g/mol. The van der Waals surface area contributed by atoms with Gasteiger partial charge in [0.2, 0.25) is 11.8 Å². The van der Waals surface area contributed by atoms with Crippen LogP contribution in [0.25, 0.3) is 0 Å². The van der Waals surface area contributed by atoms with Crippen LogP contribution in [0.2, 0.25) is 10.0 Å². The molecule has 1 N–H and O–H groups in total. The lowest BCUT2D eigenvalue weighted by molar-refractivity contribution is -0.139. The van der Waals surface area contributed by atoms with E-state index in [0.717, 1.165) is 30.0 Å². The van der Waals surface area contributed by atoms with Gasteiger partial charge in [-0.2, -0.15) is 0 Å². The van der Waals surface area contributed by atoms with Crippen molar-refractivity contribution in [3.8, 4) is 5.75 Å². The Morgan fingerprint density at radius 2 is 1.56 bits per heavy atom. The fourth-order valence-corrected chi connectivity index (χ4v) is 6.76. The van der Waals surface area contributed by atoms with Gasteiger partial charge < -0.3 is 15.0 Å². The zero-order chi connectivity index (χ0) is 29.6. The summed E-state index contributed by atoms with van der Waals surface area (Å²) in [7, 11) is -2.70. The summed E-state index contributed by atoms with van der Waals surface area (Å²) < 4.78 is 34.0. The lowest BCUT2D eigenvalue weighted by Crippen LogP contribution is -2.52. The number of para-hydroxylation sites is 1. The minimum Gasteiger partial charge on any atom is -0.497 e. The van der Waals surface area contributed by atoms with Crippen LogP contribution in [-0.4, -0.2) is 50.9 Å². The Balaban J connectivity index is 1.69. The maximum absolute atomic E-state index is 14.0. The minimum atomic E-state index is -4.18. The molecule has 0 radical (unpaired) electrons. The summed E-state index contributed by atoms with van der Waals surface area (Å²) >= 11 is 12.9. The van der Waals surface area contributed by atoms with Crippen molar-refractivity contribution in [2.75, 3.05) is 18.0 Å². The van der Waals surface area contributed by atoms with Gasteiger partial charge in [-0.3, -0.25) is 13.9 Å². The number of nitrogens with zero attached hydrogens (tertiary/aromatic N) is 2. The Labute approximate surface area is 251 Å². The van der Waals surface area contributed by atoms with Crippen LogP contribution in [0, 0.1) is 0 Å². The fourth-order valence-electron chi connectivity index (χ4n) is 4.83. The highest BCUT2D eigenvalue weighted by atomic mass is 35.5. The number of hydrogen-bond acceptors (Lipinski definition) is 5. The van der Waals surface area contributed by atoms with Gasteiger partial charge in [0.25, 0.3) is 10.0 Å². The molecule has 0 saturated heterocycles. The number of methoxy groups -OCH3 is 1. The van der Waals surface area contributed by atoms with Gasteiger partial charge in [0.05, 0.1) is 17.7 Å². The van der Waals surface area contributed by atoms with Gasteiger partial charge in [-0.15, -0.1) is 0 Å². The first-order chi connectivity index (χ1) is 19.6. The monoisotopic (exact) mass is 617 g/mol. The molecule has 1 atom stereocenters. The number of rotatable bonds is 11. The molecular formula is C30H33Cl2N3O5S. The second kappa shape index (κ2) is 13.6. The highest BCUT2D eigenvalue weighted by Gasteiger charge is 2.34. The lowest BCUT2D eigenvalue weighted by atomic mass is 10.1. The molecule has 0 spiro atoms. The van der Waals surface area contributed by atoms with Crippen molar-refractivity contribution < 1.29 is 22.7 Å². The van der Waals surface area contributed by atoms with Crippen LogP contribution in [0.15, 0.2) is 77.7 Å². The van der Waals surface area contributed by atoms with E-state index < -0.39 is 28.5 Å². The van der Waals surface area contributed by atoms with Crippen LogP contribution in [0.1, 0.15) is 38.2 Å². The molecule has 41 heavy (non-hydrogen) atoms. The van der Waals surface area contributed by atoms with Gasteiger partial charge in [0, 0.05) is 28.2 Å². The summed E-state index contributed by atoms with van der Waals surface area (Å²) in [6.07, 6.45) is 3.83. The van der Waals surface area contributed by atoms with Crippen LogP contribution in [0.3, 0.4) is 0 Å². The zero-order valence-corrected chi connectivity index (χ0v) is 25.3. The number of amides is 2. The summed E-state index contributed by atoms with van der Waals surface area (Å²) in [5.74, 6) is -0.412. The molecule has 0 aromatic heterocycles. The van der Waals surface area contributed by atoms with Crippen LogP contribution in [-0.2, 0) is 26.2 Å². The van der Waals surface area contributed by atoms with E-state index in [1.54, 1.807) is 67.6 Å². The molecule has 0 heterocycles. The average Bonchev–Trinajstić information content (AvgIpc) is 3.48. The van der Waals surface area contributed by atoms with E-state index in [-0.39, 0.29) is 23.4 Å². The Morgan fingerprint density at radius 3 is 2.15 bits per heavy atom. The summed E-state index contributed by atoms with van der Waals surface area (Å²) in [5.41, 5.74) is 0.768. The number of carbonyl (C=O) groups is 2. The predicted octanol–water partition coefficient (Wildman–Crippen LogP) is 5.67. The number of nitrogens with one attached hydrogen (secondary N) is 1. The lowest BCUT2D eigenvalue weighted by Gasteiger charge is -2.33. The van der Waals surface area contributed by atoms with Gasteiger partial charge in [0.1, 0.15) is 18.3 Å². The third-order valence-electron chi connectivity index (χ3n) is 7.23. The number of anilines is 1. The average molecular weight is 619 g/mol. The summed E-state index contributed by atoms with van der Waals surface area (Å²) in [5, 5.41) is 3.71. The summed E-state index contributed by atoms with van der Waals surface area (Å²) in [4.78, 5) is 28.7. The van der Waals surface area contributed by atoms with Crippen molar-refractivity contribution in [2.45, 2.75) is 56.1 Å². The number of benzene rings is 3. The van der Waals surface area contributed by atoms with Gasteiger partial charge in [-0.25, -0.2) is 8.42 Å². The number of carbonyl (C=O) groups excluding carboxylic acids is 2. The van der Waals surface area contributed by atoms with Crippen LogP contribution >= 0.6 is 23.2 Å². The van der Waals surface area contributed by atoms with Crippen LogP contribution in [0.4, 0.5) is 5.69 Å². The first-order valence-corrected chi connectivity index (χ1v) is 15.6. The van der Waals surface area contributed by atoms with E-state index >= 15 is 0 Å². The molecule has 1 fully saturated rings. The van der Waals surface area contributed by atoms with Gasteiger partial charge in [-0.1, -0.05) is 60.3 Å². The van der Waals surface area contributed by atoms with E-state index in [4.69, 9.17) is 27.9 Å². The first-order valence-electron chi connectivity index (χ1n) is 13.4. The molecule has 218 valence electrons. The van der Waals surface area contributed by atoms with Crippen molar-refractivity contribution in [1.29, 1.82) is 0 Å². The predicted molar refractivity (Wildman–Crippen MR) is 161 cm³/mol. The maximum atomic E-state index is 14.0. The molecule has 4 rings (SSSR count). The second-order valence-corrected chi connectivity index (χ2v) is 12.6. The number of halogens is 2. The molecule has 3 aromatic rings. The van der Waals surface area contributed by atoms with E-state index in [2.05, 4.69) is 5.32 Å². The van der Waals surface area contributed by atoms with Gasteiger partial charge in [-0.05, 0) is 68.3 Å². The SMILES string of the molecule is COc1ccc(S(=O)(=O)N(CC(=O)N(Cc2c(Cl)cccc2Cl)[C@H](C)C(=O)NC2CCCC2)c2ccccc2)cc1. The summed E-state index contributed by atoms with van der Waals surface area (Å²) in [6.45, 7) is 0.987. The topological polar surface area (TPSA) is 96.0 Å². The molecule has 0 bridgehead atoms. The highest BCUT2D eigenvalue weighted by molar-refractivity contribution is 7.92. The number of sulfonamides is 1. The van der Waals surface area contributed by atoms with E-state index in [9.17, 15) is 18.0 Å². The van der Waals surface area contributed by atoms with Crippen LogP contribution < -0.4 is 14.4 Å². The Bertz CT molecular complexity index is 1440. The molecule has 8 nitrogen and oxygen atoms in total. The number of hydrogen-bond donors (Lipinski definition) is 1. The Morgan fingerprint density at radius 1 is 0.951 bits per heavy atom. The molecule has 0 aliphatic heterocycles. The van der Waals surface area contributed by atoms with Gasteiger partial charge in [0.15, 0.2) is 0 Å². The fraction of sp³-hybridized carbons (Fsp3) is 0.333. The number of ether oxygens (including phenoxy) is 1. The molecule has 1 saturated carbocycles. The van der Waals surface area contributed by atoms with E-state index in [0.29, 0.717) is 27.0 Å². The summed E-state index contributed by atoms with van der Waals surface area (Å²) in [6, 6.07) is 18.4. The van der Waals surface area contributed by atoms with Gasteiger partial charge >= 0.3 is 0 Å². The second-order valence-electron chi connectivity index (χ2n) is 9.91. The van der Waals surface area contributed by atoms with Crippen molar-refractivity contribution in [1.82, 2.24) is 10.2 Å². The molecule has 3 aromatic carbocycles. The Hall–Kier alpha value is -3.27. The Kier molecular flexibility index (Phi) is 10.2. The minimum absolute atomic E-state index is 0.0114. The molecule has 1 aliphatic carbocycles. The third-order valence-corrected chi connectivity index (χ3v) is 9.73.